The van der Waals surface area contributed by atoms with E-state index in [2.05, 4.69) is 5.32 Å². The Morgan fingerprint density at radius 1 is 1.59 bits per heavy atom. The number of hydrogen-bond acceptors (Lipinski definition) is 2. The molecule has 17 heavy (non-hydrogen) atoms. The Labute approximate surface area is 102 Å². The summed E-state index contributed by atoms with van der Waals surface area (Å²) in [5, 5.41) is 11.9. The highest BCUT2D eigenvalue weighted by Crippen LogP contribution is 2.47. The van der Waals surface area contributed by atoms with Gasteiger partial charge in [0.15, 0.2) is 0 Å². The minimum atomic E-state index is -0.0129. The first-order valence-electron chi connectivity index (χ1n) is 6.25. The summed E-state index contributed by atoms with van der Waals surface area (Å²) in [6.07, 6.45) is 4.93. The van der Waals surface area contributed by atoms with Gasteiger partial charge < -0.3 is 15.0 Å². The minimum absolute atomic E-state index is 0.0129. The van der Waals surface area contributed by atoms with Crippen LogP contribution in [0.4, 0.5) is 0 Å². The van der Waals surface area contributed by atoms with E-state index in [0.29, 0.717) is 12.2 Å². The average molecular weight is 236 g/mol. The zero-order valence-corrected chi connectivity index (χ0v) is 10.3. The number of aliphatic hydroxyl groups is 1. The van der Waals surface area contributed by atoms with Gasteiger partial charge in [0.2, 0.25) is 0 Å². The number of aromatic nitrogens is 1. The molecule has 1 fully saturated rings. The Morgan fingerprint density at radius 2 is 2.35 bits per heavy atom. The third kappa shape index (κ3) is 2.69. The molecule has 1 aromatic rings. The second-order valence-electron chi connectivity index (χ2n) is 4.84. The summed E-state index contributed by atoms with van der Waals surface area (Å²) in [5.74, 6) is -0.0129. The predicted octanol–water partition coefficient (Wildman–Crippen LogP) is 1.40. The van der Waals surface area contributed by atoms with Crippen LogP contribution in [0.1, 0.15) is 36.7 Å². The van der Waals surface area contributed by atoms with Gasteiger partial charge in [0.1, 0.15) is 5.69 Å². The highest BCUT2D eigenvalue weighted by molar-refractivity contribution is 5.92. The Bertz CT molecular complexity index is 394. The van der Waals surface area contributed by atoms with E-state index in [4.69, 9.17) is 5.11 Å². The third-order valence-corrected chi connectivity index (χ3v) is 3.63. The van der Waals surface area contributed by atoms with Crippen molar-refractivity contribution in [1.82, 2.24) is 9.88 Å². The molecule has 0 aliphatic heterocycles. The fourth-order valence-electron chi connectivity index (χ4n) is 2.18. The zero-order chi connectivity index (χ0) is 12.3. The van der Waals surface area contributed by atoms with Crippen LogP contribution in [0.2, 0.25) is 0 Å². The number of hydrogen-bond donors (Lipinski definition) is 2. The average Bonchev–Trinajstić information content (AvgIpc) is 2.93. The molecule has 0 atom stereocenters. The lowest BCUT2D eigenvalue weighted by atomic mass is 10.0. The molecule has 0 bridgehead atoms. The van der Waals surface area contributed by atoms with Crippen molar-refractivity contribution < 1.29 is 9.90 Å². The first kappa shape index (κ1) is 12.2. The molecule has 1 saturated carbocycles. The lowest BCUT2D eigenvalue weighted by Gasteiger charge is -2.15. The van der Waals surface area contributed by atoms with Gasteiger partial charge in [-0.05, 0) is 43.7 Å². The van der Waals surface area contributed by atoms with Crippen LogP contribution in [-0.2, 0) is 6.54 Å². The Morgan fingerprint density at radius 3 is 2.94 bits per heavy atom. The summed E-state index contributed by atoms with van der Waals surface area (Å²) in [7, 11) is 0. The van der Waals surface area contributed by atoms with Gasteiger partial charge in [-0.2, -0.15) is 0 Å². The number of amides is 1. The normalized spacial score (nSPS) is 16.8. The summed E-state index contributed by atoms with van der Waals surface area (Å²) >= 11 is 0. The molecule has 1 heterocycles. The number of nitrogens with zero attached hydrogens (tertiary/aromatic N) is 1. The van der Waals surface area contributed by atoms with Crippen molar-refractivity contribution in [3.8, 4) is 0 Å². The zero-order valence-electron chi connectivity index (χ0n) is 10.3. The molecule has 0 radical (unpaired) electrons. The van der Waals surface area contributed by atoms with Crippen LogP contribution in [0.15, 0.2) is 18.3 Å². The van der Waals surface area contributed by atoms with Crippen molar-refractivity contribution in [2.24, 2.45) is 5.41 Å². The molecular formula is C13H20N2O2. The van der Waals surface area contributed by atoms with Crippen LogP contribution in [0.5, 0.6) is 0 Å². The fourth-order valence-corrected chi connectivity index (χ4v) is 2.18. The number of aliphatic hydroxyl groups excluding tert-OH is 1. The summed E-state index contributed by atoms with van der Waals surface area (Å²) in [6, 6.07) is 3.73. The monoisotopic (exact) mass is 236 g/mol. The Balaban J connectivity index is 1.90. The summed E-state index contributed by atoms with van der Waals surface area (Å²) < 4.78 is 1.93. The van der Waals surface area contributed by atoms with Crippen LogP contribution < -0.4 is 5.32 Å². The number of carbonyl (C=O) groups excluding carboxylic acids is 1. The van der Waals surface area contributed by atoms with Crippen molar-refractivity contribution >= 4 is 5.91 Å². The molecule has 0 saturated heterocycles. The summed E-state index contributed by atoms with van der Waals surface area (Å²) in [6.45, 7) is 3.71. The van der Waals surface area contributed by atoms with Crippen LogP contribution in [0, 0.1) is 5.41 Å². The van der Waals surface area contributed by atoms with Gasteiger partial charge in [-0.1, -0.05) is 0 Å². The quantitative estimate of drug-likeness (QED) is 0.784. The molecule has 4 nitrogen and oxygen atoms in total. The lowest BCUT2D eigenvalue weighted by Crippen LogP contribution is -2.32. The molecule has 94 valence electrons. The topological polar surface area (TPSA) is 54.3 Å². The van der Waals surface area contributed by atoms with Crippen LogP contribution >= 0.6 is 0 Å². The molecule has 1 aromatic heterocycles. The van der Waals surface area contributed by atoms with Gasteiger partial charge in [0, 0.05) is 25.9 Å². The second-order valence-corrected chi connectivity index (χ2v) is 4.84. The van der Waals surface area contributed by atoms with Crippen molar-refractivity contribution in [1.29, 1.82) is 0 Å². The van der Waals surface area contributed by atoms with Gasteiger partial charge in [-0.15, -0.1) is 0 Å². The van der Waals surface area contributed by atoms with E-state index in [1.54, 1.807) is 0 Å². The molecule has 0 aromatic carbocycles. The maximum Gasteiger partial charge on any atom is 0.267 e. The second kappa shape index (κ2) is 4.92. The first-order chi connectivity index (χ1) is 8.21. The molecule has 2 rings (SSSR count). The maximum atomic E-state index is 12.0. The van der Waals surface area contributed by atoms with Crippen molar-refractivity contribution in [3.05, 3.63) is 24.0 Å². The van der Waals surface area contributed by atoms with Crippen LogP contribution in [0.3, 0.4) is 0 Å². The van der Waals surface area contributed by atoms with Crippen LogP contribution in [0.25, 0.3) is 0 Å². The first-order valence-corrected chi connectivity index (χ1v) is 6.25. The number of nitrogens with one attached hydrogen (secondary N) is 1. The predicted molar refractivity (Wildman–Crippen MR) is 65.8 cm³/mol. The highest BCUT2D eigenvalue weighted by atomic mass is 16.3. The molecule has 1 aliphatic carbocycles. The molecule has 0 unspecified atom stereocenters. The van der Waals surface area contributed by atoms with Crippen LogP contribution in [-0.4, -0.2) is 28.7 Å². The molecular weight excluding hydrogens is 216 g/mol. The minimum Gasteiger partial charge on any atom is -0.396 e. The number of aryl methyl sites for hydroxylation is 1. The summed E-state index contributed by atoms with van der Waals surface area (Å²) in [4.78, 5) is 12.0. The molecule has 0 spiro atoms. The molecule has 1 aliphatic rings. The lowest BCUT2D eigenvalue weighted by molar-refractivity contribution is 0.0931. The standard InChI is InChI=1S/C13H20N2O2/c1-2-15-8-3-4-11(15)12(17)14-10-13(5-6-13)7-9-16/h3-4,8,16H,2,5-7,9-10H2,1H3,(H,14,17). The third-order valence-electron chi connectivity index (χ3n) is 3.63. The number of rotatable bonds is 6. The van der Waals surface area contributed by atoms with E-state index >= 15 is 0 Å². The smallest absolute Gasteiger partial charge is 0.267 e. The SMILES string of the molecule is CCn1cccc1C(=O)NCC1(CCO)CC1. The highest BCUT2D eigenvalue weighted by Gasteiger charge is 2.41. The van der Waals surface area contributed by atoms with E-state index in [9.17, 15) is 4.79 Å². The van der Waals surface area contributed by atoms with Crippen molar-refractivity contribution in [3.63, 3.8) is 0 Å². The fraction of sp³-hybridized carbons (Fsp3) is 0.615. The molecule has 4 heteroatoms. The molecule has 2 N–H and O–H groups in total. The van der Waals surface area contributed by atoms with E-state index in [-0.39, 0.29) is 17.9 Å². The Kier molecular flexibility index (Phi) is 3.52. The van der Waals surface area contributed by atoms with Crippen molar-refractivity contribution in [2.45, 2.75) is 32.7 Å². The van der Waals surface area contributed by atoms with Gasteiger partial charge in [-0.3, -0.25) is 4.79 Å². The van der Waals surface area contributed by atoms with Gasteiger partial charge in [0.05, 0.1) is 0 Å². The van der Waals surface area contributed by atoms with Gasteiger partial charge in [-0.25, -0.2) is 0 Å². The van der Waals surface area contributed by atoms with Gasteiger partial charge >= 0.3 is 0 Å². The molecule has 1 amide bonds. The maximum absolute atomic E-state index is 12.0. The Hall–Kier alpha value is -1.29. The summed E-state index contributed by atoms with van der Waals surface area (Å²) in [5.41, 5.74) is 0.890. The largest absolute Gasteiger partial charge is 0.396 e. The number of carbonyl (C=O) groups is 1. The van der Waals surface area contributed by atoms with E-state index in [1.807, 2.05) is 29.8 Å². The van der Waals surface area contributed by atoms with E-state index in [1.165, 1.54) is 0 Å². The van der Waals surface area contributed by atoms with Crippen molar-refractivity contribution in [2.75, 3.05) is 13.2 Å². The van der Waals surface area contributed by atoms with Gasteiger partial charge in [0.25, 0.3) is 5.91 Å². The van der Waals surface area contributed by atoms with E-state index in [0.717, 1.165) is 25.8 Å². The van der Waals surface area contributed by atoms with E-state index < -0.39 is 0 Å².